The molecule has 2 aliphatic heterocycles. The molecule has 48 heavy (non-hydrogen) atoms. The highest BCUT2D eigenvalue weighted by molar-refractivity contribution is 7.91. The van der Waals surface area contributed by atoms with E-state index in [0.29, 0.717) is 44.1 Å². The van der Waals surface area contributed by atoms with E-state index >= 15 is 0 Å². The lowest BCUT2D eigenvalue weighted by Gasteiger charge is -2.32. The van der Waals surface area contributed by atoms with Crippen molar-refractivity contribution in [2.24, 2.45) is 17.8 Å². The van der Waals surface area contributed by atoms with Crippen LogP contribution in [0.2, 0.25) is 0 Å². The summed E-state index contributed by atoms with van der Waals surface area (Å²) in [6.07, 6.45) is 7.72. The number of allylic oxidation sites excluding steroid dienone is 1. The number of likely N-dealkylation sites (N-methyl/N-ethyl adjacent to an activating group) is 1. The number of benzene rings is 1. The summed E-state index contributed by atoms with van der Waals surface area (Å²) in [6.45, 7) is 3.94. The van der Waals surface area contributed by atoms with Crippen molar-refractivity contribution in [1.82, 2.24) is 29.8 Å². The van der Waals surface area contributed by atoms with E-state index in [1.165, 1.54) is 0 Å². The number of amides is 3. The van der Waals surface area contributed by atoms with E-state index in [4.69, 9.17) is 14.7 Å². The van der Waals surface area contributed by atoms with Gasteiger partial charge in [0.25, 0.3) is 5.91 Å². The predicted molar refractivity (Wildman–Crippen MR) is 180 cm³/mol. The van der Waals surface area contributed by atoms with Crippen LogP contribution in [0.25, 0.3) is 10.9 Å². The number of piperazine rings is 1. The Labute approximate surface area is 281 Å². The molecule has 2 aromatic rings. The number of fused-ring (bicyclic) bond motifs is 3. The molecule has 0 unspecified atom stereocenters. The topological polar surface area (TPSA) is 154 Å². The molecule has 3 amide bonds. The van der Waals surface area contributed by atoms with Crippen LogP contribution in [-0.4, -0.2) is 110 Å². The molecule has 4 fully saturated rings. The molecule has 0 radical (unpaired) electrons. The highest BCUT2D eigenvalue weighted by atomic mass is 32.2. The maximum atomic E-state index is 14.1. The van der Waals surface area contributed by atoms with Crippen molar-refractivity contribution in [3.05, 3.63) is 36.4 Å². The first-order valence-electron chi connectivity index (χ1n) is 17.2. The first-order chi connectivity index (χ1) is 23.0. The summed E-state index contributed by atoms with van der Waals surface area (Å²) >= 11 is 0. The normalized spacial score (nSPS) is 31.0. The molecule has 0 bridgehead atoms. The number of para-hydroxylation sites is 1. The summed E-state index contributed by atoms with van der Waals surface area (Å²) < 4.78 is 34.3. The van der Waals surface area contributed by atoms with Gasteiger partial charge in [-0.3, -0.25) is 19.1 Å². The minimum atomic E-state index is -3.81. The van der Waals surface area contributed by atoms with Crippen molar-refractivity contribution in [2.45, 2.75) is 68.3 Å². The second kappa shape index (κ2) is 12.9. The van der Waals surface area contributed by atoms with Gasteiger partial charge in [-0.1, -0.05) is 24.3 Å². The van der Waals surface area contributed by atoms with Gasteiger partial charge in [0.1, 0.15) is 11.6 Å². The molecule has 0 spiro atoms. The Morgan fingerprint density at radius 2 is 1.75 bits per heavy atom. The summed E-state index contributed by atoms with van der Waals surface area (Å²) in [5.74, 6) is -2.05. The lowest BCUT2D eigenvalue weighted by Crippen LogP contribution is -2.54. The molecular weight excluding hydrogens is 634 g/mol. The smallest absolute Gasteiger partial charge is 0.259 e. The van der Waals surface area contributed by atoms with Gasteiger partial charge >= 0.3 is 0 Å². The predicted octanol–water partition coefficient (Wildman–Crippen LogP) is 1.84. The highest BCUT2D eigenvalue weighted by Crippen LogP contribution is 2.47. The maximum absolute atomic E-state index is 14.1. The van der Waals surface area contributed by atoms with Gasteiger partial charge in [-0.25, -0.2) is 13.4 Å². The number of sulfonamides is 1. The molecule has 3 heterocycles. The Kier molecular flexibility index (Phi) is 8.82. The van der Waals surface area contributed by atoms with E-state index in [9.17, 15) is 22.8 Å². The zero-order chi connectivity index (χ0) is 33.6. The van der Waals surface area contributed by atoms with Crippen LogP contribution in [0.15, 0.2) is 36.4 Å². The molecule has 5 atom stereocenters. The quantitative estimate of drug-likeness (QED) is 0.433. The van der Waals surface area contributed by atoms with E-state index in [0.717, 1.165) is 56.3 Å². The second-order valence-electron chi connectivity index (χ2n) is 14.2. The molecule has 1 aromatic carbocycles. The molecule has 14 heteroatoms. The molecule has 258 valence electrons. The number of nitrogens with zero attached hydrogens (tertiary/aromatic N) is 5. The zero-order valence-corrected chi connectivity index (χ0v) is 28.5. The van der Waals surface area contributed by atoms with Crippen LogP contribution >= 0.6 is 0 Å². The lowest BCUT2D eigenvalue weighted by molar-refractivity contribution is -0.140. The molecular formula is C34H45N7O6S. The molecule has 7 rings (SSSR count). The van der Waals surface area contributed by atoms with Crippen molar-refractivity contribution in [2.75, 3.05) is 51.7 Å². The van der Waals surface area contributed by atoms with Gasteiger partial charge in [0.2, 0.25) is 33.7 Å². The van der Waals surface area contributed by atoms with Crippen molar-refractivity contribution >= 4 is 44.6 Å². The number of carbonyl (C=O) groups excluding carboxylic acids is 3. The van der Waals surface area contributed by atoms with E-state index in [1.807, 2.05) is 36.4 Å². The summed E-state index contributed by atoms with van der Waals surface area (Å²) in [6, 6.07) is 7.67. The standard InChI is InChI=1S/C34H45N7O6S/c1-39-15-17-41(18-16-39)33-35-28-11-7-6-10-25(28)30(36-33)47-23-19-26-27(20-23)31(43)40(2)14-8-4-3-5-9-22-21-34(22,37-29(26)42)32(44)38-48(45,46)24-12-13-24/h5-7,9-11,22-24,26-27H,3-4,8,12-21H2,1-2H3,(H,37,42)(H,38,44)/b9-5-/t22-,23-,26-,27-,34-/m1/s1. The van der Waals surface area contributed by atoms with Gasteiger partial charge < -0.3 is 24.8 Å². The third kappa shape index (κ3) is 6.60. The van der Waals surface area contributed by atoms with Gasteiger partial charge in [-0.15, -0.1) is 0 Å². The second-order valence-corrected chi connectivity index (χ2v) is 16.2. The number of hydrogen-bond acceptors (Lipinski definition) is 10. The van der Waals surface area contributed by atoms with E-state index in [-0.39, 0.29) is 18.2 Å². The fourth-order valence-electron chi connectivity index (χ4n) is 7.32. The number of anilines is 1. The minimum absolute atomic E-state index is 0.137. The van der Waals surface area contributed by atoms with E-state index < -0.39 is 50.6 Å². The Balaban J connectivity index is 1.16. The third-order valence-corrected chi connectivity index (χ3v) is 12.4. The first-order valence-corrected chi connectivity index (χ1v) is 18.8. The van der Waals surface area contributed by atoms with Gasteiger partial charge in [-0.2, -0.15) is 4.98 Å². The van der Waals surface area contributed by atoms with Crippen molar-refractivity contribution in [3.63, 3.8) is 0 Å². The Hall–Kier alpha value is -3.78. The summed E-state index contributed by atoms with van der Waals surface area (Å²) in [4.78, 5) is 57.4. The van der Waals surface area contributed by atoms with Crippen LogP contribution in [0, 0.1) is 17.8 Å². The van der Waals surface area contributed by atoms with Crippen molar-refractivity contribution in [3.8, 4) is 5.88 Å². The molecule has 1 saturated heterocycles. The minimum Gasteiger partial charge on any atom is -0.474 e. The number of nitrogens with one attached hydrogen (secondary N) is 2. The zero-order valence-electron chi connectivity index (χ0n) is 27.6. The molecule has 2 N–H and O–H groups in total. The van der Waals surface area contributed by atoms with Crippen LogP contribution in [0.4, 0.5) is 5.95 Å². The lowest BCUT2D eigenvalue weighted by atomic mass is 9.93. The molecule has 13 nitrogen and oxygen atoms in total. The summed E-state index contributed by atoms with van der Waals surface area (Å²) in [5.41, 5.74) is -0.623. The van der Waals surface area contributed by atoms with Crippen LogP contribution < -0.4 is 19.7 Å². The molecule has 3 aliphatic carbocycles. The van der Waals surface area contributed by atoms with Crippen LogP contribution in [0.1, 0.15) is 51.4 Å². The Morgan fingerprint density at radius 1 is 1.00 bits per heavy atom. The number of aromatic nitrogens is 2. The average Bonchev–Trinajstić information content (AvgIpc) is 3.99. The fraction of sp³-hybridized carbons (Fsp3) is 0.618. The SMILES string of the molecule is CN1CCN(c2nc(O[C@@H]3C[C@H]4C(=O)N[C@]5(C(=O)NS(=O)(=O)C6CC6)C[C@H]5/C=C\CCCCN(C)C(=O)[C@@H]4C3)c3ccccc3n2)CC1. The largest absolute Gasteiger partial charge is 0.474 e. The number of hydrogen-bond donors (Lipinski definition) is 2. The molecule has 3 saturated carbocycles. The summed E-state index contributed by atoms with van der Waals surface area (Å²) in [7, 11) is 0.0474. The van der Waals surface area contributed by atoms with Gasteiger partial charge in [0.15, 0.2) is 0 Å². The van der Waals surface area contributed by atoms with E-state index in [1.54, 1.807) is 11.9 Å². The fourth-order valence-corrected chi connectivity index (χ4v) is 8.69. The van der Waals surface area contributed by atoms with Gasteiger partial charge in [0, 0.05) is 45.7 Å². The van der Waals surface area contributed by atoms with Crippen LogP contribution in [0.3, 0.4) is 0 Å². The molecule has 5 aliphatic rings. The van der Waals surface area contributed by atoms with Gasteiger partial charge in [-0.05, 0) is 70.5 Å². The number of ether oxygens (including phenoxy) is 1. The Morgan fingerprint density at radius 3 is 2.52 bits per heavy atom. The third-order valence-electron chi connectivity index (χ3n) is 10.6. The first kappa shape index (κ1) is 32.8. The van der Waals surface area contributed by atoms with Gasteiger partial charge in [0.05, 0.1) is 28.0 Å². The van der Waals surface area contributed by atoms with Crippen LogP contribution in [0.5, 0.6) is 5.88 Å². The highest BCUT2D eigenvalue weighted by Gasteiger charge is 2.62. The summed E-state index contributed by atoms with van der Waals surface area (Å²) in [5, 5.41) is 3.13. The monoisotopic (exact) mass is 679 g/mol. The number of rotatable bonds is 6. The van der Waals surface area contributed by atoms with Crippen LogP contribution in [-0.2, 0) is 24.4 Å². The van der Waals surface area contributed by atoms with E-state index in [2.05, 4.69) is 26.9 Å². The Bertz CT molecular complexity index is 1720. The number of carbonyl (C=O) groups is 3. The van der Waals surface area contributed by atoms with Crippen molar-refractivity contribution < 1.29 is 27.5 Å². The average molecular weight is 680 g/mol. The van der Waals surface area contributed by atoms with Crippen molar-refractivity contribution in [1.29, 1.82) is 0 Å². The maximum Gasteiger partial charge on any atom is 0.259 e. The molecule has 1 aromatic heterocycles.